The second-order valence-electron chi connectivity index (χ2n) is 6.01. The third-order valence-electron chi connectivity index (χ3n) is 4.27. The average Bonchev–Trinajstić information content (AvgIpc) is 2.53. The molecule has 1 amide bonds. The standard InChI is InChI=1S/C17H25FN2O2/c1-2-13(22-15-9-5-4-8-14(15)18)12-20-16(21)17(19)10-6-3-7-11-17/h4-5,8-9,13H,2-3,6-7,10-12,19H2,1H3,(H,20,21). The number of hydrogen-bond donors (Lipinski definition) is 2. The number of benzene rings is 1. The molecule has 0 spiro atoms. The molecule has 1 aromatic rings. The predicted molar refractivity (Wildman–Crippen MR) is 84.1 cm³/mol. The van der Waals surface area contributed by atoms with Crippen molar-refractivity contribution in [1.82, 2.24) is 5.32 Å². The van der Waals surface area contributed by atoms with Crippen molar-refractivity contribution in [3.63, 3.8) is 0 Å². The Kier molecular flexibility index (Phi) is 5.77. The van der Waals surface area contributed by atoms with Crippen molar-refractivity contribution in [2.75, 3.05) is 6.54 Å². The Morgan fingerprint density at radius 2 is 2.05 bits per heavy atom. The lowest BCUT2D eigenvalue weighted by Gasteiger charge is -2.32. The zero-order chi connectivity index (χ0) is 16.0. The van der Waals surface area contributed by atoms with Crippen molar-refractivity contribution < 1.29 is 13.9 Å². The second-order valence-corrected chi connectivity index (χ2v) is 6.01. The number of hydrogen-bond acceptors (Lipinski definition) is 3. The van der Waals surface area contributed by atoms with E-state index in [4.69, 9.17) is 10.5 Å². The van der Waals surface area contributed by atoms with E-state index < -0.39 is 11.4 Å². The van der Waals surface area contributed by atoms with Crippen LogP contribution >= 0.6 is 0 Å². The molecule has 4 nitrogen and oxygen atoms in total. The highest BCUT2D eigenvalue weighted by Crippen LogP contribution is 2.26. The van der Waals surface area contributed by atoms with E-state index in [9.17, 15) is 9.18 Å². The summed E-state index contributed by atoms with van der Waals surface area (Å²) in [5.41, 5.74) is 5.44. The van der Waals surface area contributed by atoms with E-state index in [1.807, 2.05) is 6.92 Å². The molecule has 0 aromatic heterocycles. The van der Waals surface area contributed by atoms with Gasteiger partial charge in [-0.3, -0.25) is 4.79 Å². The molecule has 1 aromatic carbocycles. The Labute approximate surface area is 131 Å². The fourth-order valence-electron chi connectivity index (χ4n) is 2.78. The van der Waals surface area contributed by atoms with Crippen LogP contribution in [-0.4, -0.2) is 24.1 Å². The lowest BCUT2D eigenvalue weighted by atomic mass is 9.82. The Bertz CT molecular complexity index is 501. The van der Waals surface area contributed by atoms with E-state index in [0.717, 1.165) is 32.1 Å². The summed E-state index contributed by atoms with van der Waals surface area (Å²) in [6, 6.07) is 6.29. The zero-order valence-corrected chi connectivity index (χ0v) is 13.1. The Hall–Kier alpha value is -1.62. The first-order valence-corrected chi connectivity index (χ1v) is 8.03. The maximum atomic E-state index is 13.6. The number of nitrogens with two attached hydrogens (primary N) is 1. The number of para-hydroxylation sites is 1. The van der Waals surface area contributed by atoms with Gasteiger partial charge in [0.05, 0.1) is 12.1 Å². The Balaban J connectivity index is 1.88. The third-order valence-corrected chi connectivity index (χ3v) is 4.27. The molecule has 1 unspecified atom stereocenters. The van der Waals surface area contributed by atoms with E-state index in [1.165, 1.54) is 6.07 Å². The van der Waals surface area contributed by atoms with Crippen LogP contribution in [0.4, 0.5) is 4.39 Å². The van der Waals surface area contributed by atoms with Crippen LogP contribution in [0.5, 0.6) is 5.75 Å². The predicted octanol–water partition coefficient (Wildman–Crippen LogP) is 2.76. The second kappa shape index (κ2) is 7.58. The molecule has 0 radical (unpaired) electrons. The van der Waals surface area contributed by atoms with Crippen LogP contribution in [0.3, 0.4) is 0 Å². The Morgan fingerprint density at radius 3 is 2.68 bits per heavy atom. The summed E-state index contributed by atoms with van der Waals surface area (Å²) in [5.74, 6) is -0.304. The first kappa shape index (κ1) is 16.7. The number of rotatable bonds is 6. The first-order valence-electron chi connectivity index (χ1n) is 8.03. The molecule has 1 atom stereocenters. The van der Waals surface area contributed by atoms with Crippen LogP contribution in [0.15, 0.2) is 24.3 Å². The van der Waals surface area contributed by atoms with Gasteiger partial charge >= 0.3 is 0 Å². The fraction of sp³-hybridized carbons (Fsp3) is 0.588. The van der Waals surface area contributed by atoms with Gasteiger partial charge in [-0.05, 0) is 31.4 Å². The lowest BCUT2D eigenvalue weighted by Crippen LogP contribution is -2.56. The third kappa shape index (κ3) is 4.19. The monoisotopic (exact) mass is 308 g/mol. The summed E-state index contributed by atoms with van der Waals surface area (Å²) < 4.78 is 19.2. The summed E-state index contributed by atoms with van der Waals surface area (Å²) in [7, 11) is 0. The minimum atomic E-state index is -0.755. The quantitative estimate of drug-likeness (QED) is 0.849. The fourth-order valence-corrected chi connectivity index (χ4v) is 2.78. The van der Waals surface area contributed by atoms with Gasteiger partial charge in [-0.25, -0.2) is 4.39 Å². The minimum absolute atomic E-state index is 0.122. The van der Waals surface area contributed by atoms with Crippen LogP contribution in [0.1, 0.15) is 45.4 Å². The molecule has 5 heteroatoms. The van der Waals surface area contributed by atoms with E-state index in [-0.39, 0.29) is 17.8 Å². The van der Waals surface area contributed by atoms with Gasteiger partial charge in [-0.15, -0.1) is 0 Å². The molecule has 3 N–H and O–H groups in total. The van der Waals surface area contributed by atoms with Gasteiger partial charge in [-0.2, -0.15) is 0 Å². The first-order chi connectivity index (χ1) is 10.5. The summed E-state index contributed by atoms with van der Waals surface area (Å²) in [6.45, 7) is 2.28. The van der Waals surface area contributed by atoms with Crippen molar-refractivity contribution in [2.45, 2.75) is 57.1 Å². The van der Waals surface area contributed by atoms with Gasteiger partial charge in [0.15, 0.2) is 11.6 Å². The minimum Gasteiger partial charge on any atom is -0.486 e. The largest absolute Gasteiger partial charge is 0.486 e. The number of nitrogens with one attached hydrogen (secondary N) is 1. The molecule has 2 rings (SSSR count). The van der Waals surface area contributed by atoms with Gasteiger partial charge in [0.25, 0.3) is 0 Å². The molecule has 1 aliphatic rings. The van der Waals surface area contributed by atoms with Crippen LogP contribution in [0, 0.1) is 5.82 Å². The SMILES string of the molecule is CCC(CNC(=O)C1(N)CCCCC1)Oc1ccccc1F. The summed E-state index contributed by atoms with van der Waals surface area (Å²) in [6.07, 6.45) is 4.98. The highest BCUT2D eigenvalue weighted by molar-refractivity contribution is 5.86. The Morgan fingerprint density at radius 1 is 1.36 bits per heavy atom. The maximum absolute atomic E-state index is 13.6. The zero-order valence-electron chi connectivity index (χ0n) is 13.1. The van der Waals surface area contributed by atoms with E-state index in [0.29, 0.717) is 13.0 Å². The summed E-state index contributed by atoms with van der Waals surface area (Å²) >= 11 is 0. The number of ether oxygens (including phenoxy) is 1. The highest BCUT2D eigenvalue weighted by atomic mass is 19.1. The van der Waals surface area contributed by atoms with E-state index in [2.05, 4.69) is 5.32 Å². The topological polar surface area (TPSA) is 64.4 Å². The van der Waals surface area contributed by atoms with Crippen molar-refractivity contribution in [3.05, 3.63) is 30.1 Å². The van der Waals surface area contributed by atoms with Crippen molar-refractivity contribution in [2.24, 2.45) is 5.73 Å². The van der Waals surface area contributed by atoms with Gasteiger partial charge < -0.3 is 15.8 Å². The maximum Gasteiger partial charge on any atom is 0.240 e. The summed E-state index contributed by atoms with van der Waals surface area (Å²) in [5, 5.41) is 2.87. The summed E-state index contributed by atoms with van der Waals surface area (Å²) in [4.78, 5) is 12.3. The van der Waals surface area contributed by atoms with Crippen LogP contribution in [-0.2, 0) is 4.79 Å². The molecular formula is C17H25FN2O2. The normalized spacial score (nSPS) is 18.5. The number of carbonyl (C=O) groups excluding carboxylic acids is 1. The molecule has 1 saturated carbocycles. The molecular weight excluding hydrogens is 283 g/mol. The van der Waals surface area contributed by atoms with Crippen molar-refractivity contribution in [3.8, 4) is 5.75 Å². The van der Waals surface area contributed by atoms with Gasteiger partial charge in [0, 0.05) is 0 Å². The lowest BCUT2D eigenvalue weighted by molar-refractivity contribution is -0.127. The molecule has 1 aliphatic carbocycles. The number of halogens is 1. The van der Waals surface area contributed by atoms with E-state index >= 15 is 0 Å². The van der Waals surface area contributed by atoms with Gasteiger partial charge in [0.1, 0.15) is 6.10 Å². The molecule has 0 bridgehead atoms. The molecule has 22 heavy (non-hydrogen) atoms. The van der Waals surface area contributed by atoms with Crippen molar-refractivity contribution in [1.29, 1.82) is 0 Å². The van der Waals surface area contributed by atoms with Gasteiger partial charge in [-0.1, -0.05) is 38.3 Å². The van der Waals surface area contributed by atoms with Crippen molar-refractivity contribution >= 4 is 5.91 Å². The van der Waals surface area contributed by atoms with E-state index in [1.54, 1.807) is 18.2 Å². The smallest absolute Gasteiger partial charge is 0.240 e. The number of amides is 1. The molecule has 0 saturated heterocycles. The van der Waals surface area contributed by atoms with Crippen LogP contribution < -0.4 is 15.8 Å². The average molecular weight is 308 g/mol. The van der Waals surface area contributed by atoms with Crippen LogP contribution in [0.25, 0.3) is 0 Å². The molecule has 1 fully saturated rings. The highest BCUT2D eigenvalue weighted by Gasteiger charge is 2.35. The molecule has 122 valence electrons. The van der Waals surface area contributed by atoms with Crippen LogP contribution in [0.2, 0.25) is 0 Å². The molecule has 0 aliphatic heterocycles. The molecule has 0 heterocycles. The van der Waals surface area contributed by atoms with Gasteiger partial charge in [0.2, 0.25) is 5.91 Å². The number of carbonyl (C=O) groups is 1.